The molecule has 0 aliphatic carbocycles. The predicted octanol–water partition coefficient (Wildman–Crippen LogP) is 2.95. The van der Waals surface area contributed by atoms with Crippen LogP contribution in [0.5, 0.6) is 0 Å². The minimum Gasteiger partial charge on any atom is -0.225 e. The first-order chi connectivity index (χ1) is 6.75. The van der Waals surface area contributed by atoms with Gasteiger partial charge in [-0.3, -0.25) is 0 Å². The van der Waals surface area contributed by atoms with Gasteiger partial charge in [-0.05, 0) is 31.1 Å². The van der Waals surface area contributed by atoms with Crippen LogP contribution < -0.4 is 5.32 Å². The molecule has 0 unspecified atom stereocenters. The van der Waals surface area contributed by atoms with Crippen molar-refractivity contribution in [2.24, 2.45) is 0 Å². The topological polar surface area (TPSA) is 14.1 Å². The van der Waals surface area contributed by atoms with Crippen molar-refractivity contribution in [1.82, 2.24) is 5.32 Å². The summed E-state index contributed by atoms with van der Waals surface area (Å²) in [6, 6.07) is 6.58. The highest BCUT2D eigenvalue weighted by Gasteiger charge is 2.07. The Morgan fingerprint density at radius 2 is 2.21 bits per heavy atom. The molecule has 0 spiro atoms. The molecule has 2 heteroatoms. The summed E-state index contributed by atoms with van der Waals surface area (Å²) in [5, 5.41) is 4.30. The molecule has 1 aromatic rings. The van der Waals surface area contributed by atoms with E-state index in [1.165, 1.54) is 21.6 Å². The van der Waals surface area contributed by atoms with Crippen molar-refractivity contribution >= 4 is 17.8 Å². The molecule has 0 bridgehead atoms. The average Bonchev–Trinajstić information content (AvgIpc) is 2.62. The summed E-state index contributed by atoms with van der Waals surface area (Å²) < 4.78 is 0. The minimum absolute atomic E-state index is 0.901. The van der Waals surface area contributed by atoms with E-state index in [1.807, 2.05) is 11.8 Å². The first-order valence-electron chi connectivity index (χ1n) is 4.79. The molecule has 1 aliphatic heterocycles. The van der Waals surface area contributed by atoms with E-state index in [2.05, 4.69) is 43.4 Å². The normalized spacial score (nSPS) is 19.1. The Hall–Kier alpha value is -0.730. The molecule has 1 heterocycles. The van der Waals surface area contributed by atoms with Crippen LogP contribution in [0.2, 0.25) is 0 Å². The summed E-state index contributed by atoms with van der Waals surface area (Å²) in [6.07, 6.45) is 2.26. The van der Waals surface area contributed by atoms with Gasteiger partial charge in [0.05, 0.1) is 5.88 Å². The molecule has 0 N–H and O–H groups in total. The molecular formula is C12H14NS. The zero-order chi connectivity index (χ0) is 9.97. The molecule has 0 atom stereocenters. The molecule has 1 aliphatic rings. The lowest BCUT2D eigenvalue weighted by Crippen LogP contribution is -1.94. The summed E-state index contributed by atoms with van der Waals surface area (Å²) in [5.41, 5.74) is 4.01. The Kier molecular flexibility index (Phi) is 2.94. The molecule has 73 valence electrons. The average molecular weight is 204 g/mol. The van der Waals surface area contributed by atoms with Crippen LogP contribution in [0.4, 0.5) is 0 Å². The van der Waals surface area contributed by atoms with Crippen molar-refractivity contribution in [3.8, 4) is 0 Å². The van der Waals surface area contributed by atoms with Gasteiger partial charge in [0, 0.05) is 11.4 Å². The molecule has 1 nitrogen and oxygen atoms in total. The molecule has 1 aromatic carbocycles. The standard InChI is InChI=1S/C12H14NS/c1-9-3-4-11(10(2)5-9)6-12-7-13-8-14-12/h3-6H,7-8H2,1-2H3. The number of aryl methyl sites for hydroxylation is 2. The second-order valence-corrected chi connectivity index (χ2v) is 4.70. The first kappa shape index (κ1) is 9.81. The van der Waals surface area contributed by atoms with Crippen LogP contribution in [-0.2, 0) is 0 Å². The maximum absolute atomic E-state index is 4.30. The highest BCUT2D eigenvalue weighted by Crippen LogP contribution is 2.24. The molecule has 0 aromatic heterocycles. The number of benzene rings is 1. The molecule has 0 saturated carbocycles. The lowest BCUT2D eigenvalue weighted by Gasteiger charge is -2.02. The first-order valence-corrected chi connectivity index (χ1v) is 5.78. The van der Waals surface area contributed by atoms with Crippen LogP contribution in [0.25, 0.3) is 6.08 Å². The third-order valence-electron chi connectivity index (χ3n) is 2.35. The van der Waals surface area contributed by atoms with Crippen molar-refractivity contribution in [3.63, 3.8) is 0 Å². The Morgan fingerprint density at radius 1 is 1.36 bits per heavy atom. The Bertz CT molecular complexity index is 361. The maximum atomic E-state index is 4.30. The van der Waals surface area contributed by atoms with Crippen LogP contribution in [0.3, 0.4) is 0 Å². The van der Waals surface area contributed by atoms with E-state index in [0.717, 1.165) is 12.4 Å². The molecule has 1 radical (unpaired) electrons. The van der Waals surface area contributed by atoms with Crippen molar-refractivity contribution in [1.29, 1.82) is 0 Å². The molecule has 0 amide bonds. The van der Waals surface area contributed by atoms with Crippen molar-refractivity contribution in [2.75, 3.05) is 12.4 Å². The van der Waals surface area contributed by atoms with Gasteiger partial charge >= 0.3 is 0 Å². The monoisotopic (exact) mass is 204 g/mol. The van der Waals surface area contributed by atoms with Crippen LogP contribution in [-0.4, -0.2) is 12.4 Å². The summed E-state index contributed by atoms with van der Waals surface area (Å²) >= 11 is 1.84. The second-order valence-electron chi connectivity index (χ2n) is 3.63. The van der Waals surface area contributed by atoms with Crippen LogP contribution in [0.1, 0.15) is 16.7 Å². The number of hydrogen-bond donors (Lipinski definition) is 0. The highest BCUT2D eigenvalue weighted by molar-refractivity contribution is 8.03. The van der Waals surface area contributed by atoms with Gasteiger partial charge in [-0.15, -0.1) is 11.8 Å². The van der Waals surface area contributed by atoms with Gasteiger partial charge in [-0.2, -0.15) is 0 Å². The van der Waals surface area contributed by atoms with Crippen molar-refractivity contribution < 1.29 is 0 Å². The van der Waals surface area contributed by atoms with Crippen LogP contribution >= 0.6 is 11.8 Å². The maximum Gasteiger partial charge on any atom is 0.0638 e. The van der Waals surface area contributed by atoms with E-state index in [1.54, 1.807) is 0 Å². The summed E-state index contributed by atoms with van der Waals surface area (Å²) in [6.45, 7) is 5.19. The predicted molar refractivity (Wildman–Crippen MR) is 63.4 cm³/mol. The van der Waals surface area contributed by atoms with Crippen molar-refractivity contribution in [3.05, 3.63) is 39.8 Å². The summed E-state index contributed by atoms with van der Waals surface area (Å²) in [7, 11) is 0. The Balaban J connectivity index is 2.28. The second kappa shape index (κ2) is 4.20. The summed E-state index contributed by atoms with van der Waals surface area (Å²) in [5.74, 6) is 0.927. The minimum atomic E-state index is 0.901. The summed E-state index contributed by atoms with van der Waals surface area (Å²) in [4.78, 5) is 1.39. The lowest BCUT2D eigenvalue weighted by molar-refractivity contribution is 0.895. The van der Waals surface area contributed by atoms with Crippen molar-refractivity contribution in [2.45, 2.75) is 13.8 Å². The fraction of sp³-hybridized carbons (Fsp3) is 0.333. The zero-order valence-corrected chi connectivity index (χ0v) is 9.40. The van der Waals surface area contributed by atoms with Crippen LogP contribution in [0.15, 0.2) is 23.1 Å². The molecule has 14 heavy (non-hydrogen) atoms. The van der Waals surface area contributed by atoms with E-state index in [9.17, 15) is 0 Å². The lowest BCUT2D eigenvalue weighted by atomic mass is 10.1. The van der Waals surface area contributed by atoms with Gasteiger partial charge < -0.3 is 0 Å². The number of hydrogen-bond acceptors (Lipinski definition) is 1. The van der Waals surface area contributed by atoms with E-state index in [0.29, 0.717) is 0 Å². The Labute approximate surface area is 89.6 Å². The Morgan fingerprint density at radius 3 is 2.86 bits per heavy atom. The molecular weight excluding hydrogens is 190 g/mol. The SMILES string of the molecule is Cc1ccc(C=C2C[N]CS2)c(C)c1. The quantitative estimate of drug-likeness (QED) is 0.686. The number of nitrogens with zero attached hydrogens (tertiary/aromatic N) is 1. The van der Waals surface area contributed by atoms with Gasteiger partial charge in [-0.25, -0.2) is 5.32 Å². The van der Waals surface area contributed by atoms with Gasteiger partial charge in [0.1, 0.15) is 0 Å². The van der Waals surface area contributed by atoms with Crippen LogP contribution in [0, 0.1) is 13.8 Å². The van der Waals surface area contributed by atoms with E-state index in [4.69, 9.17) is 0 Å². The third kappa shape index (κ3) is 2.20. The number of thioether (sulfide) groups is 1. The molecule has 1 fully saturated rings. The third-order valence-corrected chi connectivity index (χ3v) is 3.28. The molecule has 1 saturated heterocycles. The van der Waals surface area contributed by atoms with Gasteiger partial charge in [0.2, 0.25) is 0 Å². The highest BCUT2D eigenvalue weighted by atomic mass is 32.2. The largest absolute Gasteiger partial charge is 0.225 e. The molecule has 2 rings (SSSR count). The fourth-order valence-electron chi connectivity index (χ4n) is 1.58. The van der Waals surface area contributed by atoms with Gasteiger partial charge in [0.15, 0.2) is 0 Å². The smallest absolute Gasteiger partial charge is 0.0638 e. The van der Waals surface area contributed by atoms with E-state index in [-0.39, 0.29) is 0 Å². The zero-order valence-electron chi connectivity index (χ0n) is 8.58. The number of rotatable bonds is 1. The fourth-order valence-corrected chi connectivity index (χ4v) is 2.32. The van der Waals surface area contributed by atoms with Gasteiger partial charge in [0.25, 0.3) is 0 Å². The van der Waals surface area contributed by atoms with E-state index >= 15 is 0 Å². The van der Waals surface area contributed by atoms with E-state index < -0.39 is 0 Å². The van der Waals surface area contributed by atoms with Gasteiger partial charge in [-0.1, -0.05) is 23.8 Å².